The van der Waals surface area contributed by atoms with Gasteiger partial charge in [-0.1, -0.05) is 252 Å². The van der Waals surface area contributed by atoms with Crippen LogP contribution in [0.2, 0.25) is 0 Å². The zero-order chi connectivity index (χ0) is 69.7. The monoisotopic (exact) mass is 1220 g/mol. The van der Waals surface area contributed by atoms with Crippen molar-refractivity contribution < 1.29 is 32.7 Å². The van der Waals surface area contributed by atoms with E-state index in [4.69, 9.17) is 18.9 Å². The molecule has 508 valence electrons. The van der Waals surface area contributed by atoms with Gasteiger partial charge in [0.15, 0.2) is 19.0 Å². The highest BCUT2D eigenvalue weighted by Gasteiger charge is 2.07. The molecule has 3 aliphatic heterocycles. The van der Waals surface area contributed by atoms with Gasteiger partial charge >= 0.3 is 0 Å². The molecule has 0 aromatic carbocycles. The number of pyridine rings is 1. The number of nitrogens with one attached hydrogen (secondary N) is 1. The maximum Gasteiger partial charge on any atom is 0.180 e. The molecule has 0 amide bonds. The van der Waals surface area contributed by atoms with Gasteiger partial charge in [0.25, 0.3) is 0 Å². The first-order valence-corrected chi connectivity index (χ1v) is 33.3. The highest BCUT2D eigenvalue weighted by Crippen LogP contribution is 2.01. The Hall–Kier alpha value is -5.20. The summed E-state index contributed by atoms with van der Waals surface area (Å²) in [6, 6.07) is 11.0. The van der Waals surface area contributed by atoms with Crippen LogP contribution in [-0.2, 0) is 23.8 Å². The number of rotatable bonds is 0. The summed E-state index contributed by atoms with van der Waals surface area (Å²) < 4.78 is 28.8. The predicted molar refractivity (Wildman–Crippen MR) is 379 cm³/mol. The molecule has 0 radical (unpaired) electrons. The highest BCUT2D eigenvalue weighted by molar-refractivity contribution is 7.07. The van der Waals surface area contributed by atoms with Crippen LogP contribution in [-0.4, -0.2) is 92.1 Å². The van der Waals surface area contributed by atoms with E-state index in [1.54, 1.807) is 91.0 Å². The van der Waals surface area contributed by atoms with Crippen LogP contribution < -0.4 is 0 Å². The molecule has 0 saturated carbocycles. The van der Waals surface area contributed by atoms with Crippen LogP contribution in [0.5, 0.6) is 0 Å². The van der Waals surface area contributed by atoms with Crippen molar-refractivity contribution in [3.8, 4) is 0 Å². The fourth-order valence-electron chi connectivity index (χ4n) is 2.65. The molecule has 6 aromatic rings. The fraction of sp³-hybridized carbons (Fsp3) is 0.672. The maximum absolute atomic E-state index is 5.06. The number of aromatic nitrogens is 8. The lowest BCUT2D eigenvalue weighted by molar-refractivity contribution is -0.167. The van der Waals surface area contributed by atoms with Crippen molar-refractivity contribution in [3.05, 3.63) is 128 Å². The molecule has 2 fully saturated rings. The lowest BCUT2D eigenvalue weighted by Gasteiger charge is -2.18. The quantitative estimate of drug-likeness (QED) is 0.151. The molecule has 0 unspecified atom stereocenters. The molecule has 16 nitrogen and oxygen atoms in total. The summed E-state index contributed by atoms with van der Waals surface area (Å²) in [5, 5.41) is 14.9. The van der Waals surface area contributed by atoms with E-state index < -0.39 is 0 Å². The molecule has 0 bridgehead atoms. The van der Waals surface area contributed by atoms with Crippen molar-refractivity contribution in [2.24, 2.45) is 5.16 Å². The van der Waals surface area contributed by atoms with Crippen molar-refractivity contribution in [2.75, 3.05) is 33.0 Å². The largest absolute Gasteiger partial charge is 0.452 e. The number of thiazole rings is 1. The summed E-state index contributed by atoms with van der Waals surface area (Å²) in [7, 11) is 0. The van der Waals surface area contributed by atoms with Gasteiger partial charge in [-0.05, 0) is 50.6 Å². The molecule has 84 heavy (non-hydrogen) atoms. The second-order valence-corrected chi connectivity index (χ2v) is 9.37. The van der Waals surface area contributed by atoms with Gasteiger partial charge in [0.2, 0.25) is 0 Å². The van der Waals surface area contributed by atoms with E-state index in [0.29, 0.717) is 0 Å². The molecule has 2 saturated heterocycles. The van der Waals surface area contributed by atoms with Crippen molar-refractivity contribution in [1.29, 1.82) is 0 Å². The van der Waals surface area contributed by atoms with E-state index in [9.17, 15) is 0 Å². The Kier molecular flexibility index (Phi) is 311. The second kappa shape index (κ2) is 210. The summed E-state index contributed by atoms with van der Waals surface area (Å²) in [6.45, 7) is 75.8. The van der Waals surface area contributed by atoms with Crippen molar-refractivity contribution in [1.82, 2.24) is 40.3 Å². The van der Waals surface area contributed by atoms with Crippen LogP contribution in [0.3, 0.4) is 0 Å². The molecule has 3 aliphatic rings. The van der Waals surface area contributed by atoms with Crippen molar-refractivity contribution in [3.63, 3.8) is 0 Å². The molecule has 0 aliphatic carbocycles. The number of H-pyrrole nitrogens is 1. The third kappa shape index (κ3) is 201. The van der Waals surface area contributed by atoms with Gasteiger partial charge in [-0.3, -0.25) is 15.1 Å². The SMILES string of the molecule is C1=NOCC1.CC.CC.CC.CC.CC.CC.CC.CC.CC.CC.CC.CC.CC.CC.CC.CC.CC.CC1OCCCO1.CC1OCCO1.c1ccncc1.c1cn[nH]c1.c1cncnc1.c1cnoc1.c1cocn1.c1cscn1. The number of hydrogen-bond acceptors (Lipinski definition) is 16. The molecule has 9 heterocycles. The minimum atomic E-state index is 0.0359. The van der Waals surface area contributed by atoms with Gasteiger partial charge in [-0.2, -0.15) is 5.10 Å². The summed E-state index contributed by atoms with van der Waals surface area (Å²) in [4.78, 5) is 22.9. The van der Waals surface area contributed by atoms with E-state index in [1.807, 2.05) is 279 Å². The van der Waals surface area contributed by atoms with Gasteiger partial charge in [-0.15, -0.1) is 11.3 Å². The number of hydrogen-bond donors (Lipinski definition) is 1. The molecule has 9 rings (SSSR count). The average Bonchev–Trinajstić information content (AvgIpc) is 4.50. The van der Waals surface area contributed by atoms with Crippen LogP contribution in [0.15, 0.2) is 142 Å². The smallest absolute Gasteiger partial charge is 0.180 e. The number of aromatic amines is 1. The lowest BCUT2D eigenvalue weighted by Crippen LogP contribution is -2.21. The van der Waals surface area contributed by atoms with Gasteiger partial charge in [0, 0.05) is 61.4 Å². The minimum absolute atomic E-state index is 0.0359. The first-order valence-electron chi connectivity index (χ1n) is 32.4. The average molecular weight is 1220 g/mol. The normalized spacial score (nSPS) is 9.33. The molecule has 0 spiro atoms. The summed E-state index contributed by atoms with van der Waals surface area (Å²) in [6.07, 6.45) is 25.0. The zero-order valence-corrected chi connectivity index (χ0v) is 63.0. The Bertz CT molecular complexity index is 1100. The Labute approximate surface area is 529 Å². The van der Waals surface area contributed by atoms with E-state index >= 15 is 0 Å². The van der Waals surface area contributed by atoms with Gasteiger partial charge < -0.3 is 32.7 Å². The van der Waals surface area contributed by atoms with Crippen LogP contribution in [0, 0.1) is 0 Å². The van der Waals surface area contributed by atoms with Crippen molar-refractivity contribution in [2.45, 2.75) is 275 Å². The summed E-state index contributed by atoms with van der Waals surface area (Å²) in [5.74, 6) is 0. The Morgan fingerprint density at radius 1 is 0.393 bits per heavy atom. The Morgan fingerprint density at radius 3 is 0.952 bits per heavy atom. The van der Waals surface area contributed by atoms with Gasteiger partial charge in [0.05, 0.1) is 44.3 Å². The van der Waals surface area contributed by atoms with Crippen LogP contribution in [0.25, 0.3) is 0 Å². The van der Waals surface area contributed by atoms with Gasteiger partial charge in [0.1, 0.15) is 25.5 Å². The standard InChI is InChI=1S/C5H5N.C5H10O2.C4H4N2.C4H8O2.C3H4N2.C3H3NO.C3H5NO.C3H3NO.C3H3NS.17C2H6/c1-2-4-6-5-3-1;1-5-6-3-2-4-7-5;1-2-5-4-6-3-1;1-4-5-2-3-6-4;1-2-4-5-3-1;1-2-5-3-4-1;2*1-2-4-5-3-1;1-2-5-3-4-1;17*1-2/h1-5H;5H,2-4H2,1H3;1-4H;4H,2-3H2,1H3;1-3H,(H,4,5);1-3H;2H,1,3H2;2*1-3H;17*1-2H3. The molecular weight excluding hydrogens is 1070 g/mol. The molecule has 6 aromatic heterocycles. The topological polar surface area (TPSA) is 191 Å². The van der Waals surface area contributed by atoms with E-state index in [-0.39, 0.29) is 12.6 Å². The van der Waals surface area contributed by atoms with E-state index in [0.717, 1.165) is 45.9 Å². The molecule has 17 heteroatoms. The Morgan fingerprint density at radius 2 is 0.833 bits per heavy atom. The molecular formula is C67H147N9O7S. The number of nitrogens with zero attached hydrogens (tertiary/aromatic N) is 8. The third-order valence-electron chi connectivity index (χ3n) is 4.76. The maximum atomic E-state index is 5.06. The lowest BCUT2D eigenvalue weighted by atomic mass is 10.4. The number of oxazole rings is 1. The number of oxime groups is 1. The first kappa shape index (κ1) is 125. The summed E-state index contributed by atoms with van der Waals surface area (Å²) >= 11 is 1.60. The number of ether oxygens (including phenoxy) is 4. The molecule has 0 atom stereocenters. The second-order valence-electron chi connectivity index (χ2n) is 8.62. The van der Waals surface area contributed by atoms with E-state index in [2.05, 4.69) is 59.2 Å². The van der Waals surface area contributed by atoms with E-state index in [1.165, 1.54) is 25.2 Å². The Balaban J connectivity index is -0.0000000378. The van der Waals surface area contributed by atoms with Gasteiger partial charge in [-0.25, -0.2) is 15.0 Å². The van der Waals surface area contributed by atoms with Crippen molar-refractivity contribution >= 4 is 17.6 Å². The zero-order valence-electron chi connectivity index (χ0n) is 62.1. The third-order valence-corrected chi connectivity index (χ3v) is 5.28. The highest BCUT2D eigenvalue weighted by atomic mass is 32.1. The summed E-state index contributed by atoms with van der Waals surface area (Å²) in [5.41, 5.74) is 1.79. The molecule has 1 N–H and O–H groups in total. The van der Waals surface area contributed by atoms with Crippen LogP contribution >= 0.6 is 11.3 Å². The van der Waals surface area contributed by atoms with Crippen LogP contribution in [0.1, 0.15) is 262 Å². The predicted octanol–water partition coefficient (Wildman–Crippen LogP) is 23.4. The minimum Gasteiger partial charge on any atom is -0.452 e. The first-order chi connectivity index (χ1) is 41.8. The van der Waals surface area contributed by atoms with Crippen LogP contribution in [0.4, 0.5) is 0 Å². The fourth-order valence-corrected chi connectivity index (χ4v) is 3.00.